The molecule has 3 rings (SSSR count). The van der Waals surface area contributed by atoms with Crippen LogP contribution in [0.4, 0.5) is 4.39 Å². The molecule has 0 radical (unpaired) electrons. The second kappa shape index (κ2) is 4.70. The van der Waals surface area contributed by atoms with Gasteiger partial charge < -0.3 is 5.11 Å². The van der Waals surface area contributed by atoms with Crippen LogP contribution in [0.3, 0.4) is 0 Å². The first kappa shape index (κ1) is 13.3. The van der Waals surface area contributed by atoms with Crippen molar-refractivity contribution in [2.24, 2.45) is 0 Å². The Morgan fingerprint density at radius 3 is 2.62 bits per heavy atom. The van der Waals surface area contributed by atoms with Gasteiger partial charge in [-0.2, -0.15) is 0 Å². The summed E-state index contributed by atoms with van der Waals surface area (Å²) in [7, 11) is 0. The Balaban J connectivity index is 2.33. The molecule has 3 aromatic rings. The van der Waals surface area contributed by atoms with Gasteiger partial charge in [-0.15, -0.1) is 0 Å². The van der Waals surface area contributed by atoms with Crippen molar-refractivity contribution in [3.63, 3.8) is 0 Å². The number of benzene rings is 1. The molecule has 5 heteroatoms. The highest BCUT2D eigenvalue weighted by molar-refractivity contribution is 5.94. The smallest absolute Gasteiger partial charge is 0.355 e. The van der Waals surface area contributed by atoms with Gasteiger partial charge in [-0.3, -0.25) is 4.40 Å². The van der Waals surface area contributed by atoms with Crippen LogP contribution in [-0.2, 0) is 0 Å². The van der Waals surface area contributed by atoms with Crippen LogP contribution in [0.15, 0.2) is 36.5 Å². The van der Waals surface area contributed by atoms with E-state index in [0.29, 0.717) is 16.9 Å². The van der Waals surface area contributed by atoms with Gasteiger partial charge in [-0.25, -0.2) is 14.2 Å². The zero-order valence-corrected chi connectivity index (χ0v) is 11.6. The molecular weight excluding hydrogens is 271 g/mol. The molecule has 0 fully saturated rings. The maximum Gasteiger partial charge on any atom is 0.355 e. The Bertz CT molecular complexity index is 868. The lowest BCUT2D eigenvalue weighted by Crippen LogP contribution is -2.04. The zero-order chi connectivity index (χ0) is 15.1. The average molecular weight is 284 g/mol. The summed E-state index contributed by atoms with van der Waals surface area (Å²) in [5.74, 6) is -1.64. The molecule has 0 aliphatic heterocycles. The average Bonchev–Trinajstić information content (AvgIpc) is 2.80. The Labute approximate surface area is 120 Å². The summed E-state index contributed by atoms with van der Waals surface area (Å²) in [6.07, 6.45) is 1.14. The third-order valence-corrected chi connectivity index (χ3v) is 3.57. The number of imidazole rings is 1. The summed E-state index contributed by atoms with van der Waals surface area (Å²) < 4.78 is 14.6. The van der Waals surface area contributed by atoms with Gasteiger partial charge in [-0.05, 0) is 43.2 Å². The highest BCUT2D eigenvalue weighted by Gasteiger charge is 2.20. The summed E-state index contributed by atoms with van der Waals surface area (Å²) >= 11 is 0. The molecule has 1 aromatic carbocycles. The number of hydrogen-bond donors (Lipinski definition) is 1. The molecule has 0 spiro atoms. The lowest BCUT2D eigenvalue weighted by molar-refractivity contribution is 0.0690. The van der Waals surface area contributed by atoms with E-state index in [1.54, 1.807) is 0 Å². The van der Waals surface area contributed by atoms with Gasteiger partial charge in [0, 0.05) is 11.8 Å². The van der Waals surface area contributed by atoms with Crippen LogP contribution in [0.5, 0.6) is 0 Å². The minimum absolute atomic E-state index is 0.0345. The lowest BCUT2D eigenvalue weighted by Gasteiger charge is -2.04. The van der Waals surface area contributed by atoms with Crippen LogP contribution in [0, 0.1) is 19.7 Å². The predicted molar refractivity (Wildman–Crippen MR) is 77.0 cm³/mol. The van der Waals surface area contributed by atoms with Crippen LogP contribution >= 0.6 is 0 Å². The van der Waals surface area contributed by atoms with Crippen LogP contribution in [0.1, 0.15) is 21.6 Å². The number of pyridine rings is 1. The van der Waals surface area contributed by atoms with Crippen LogP contribution in [-0.4, -0.2) is 20.5 Å². The highest BCUT2D eigenvalue weighted by atomic mass is 19.1. The van der Waals surface area contributed by atoms with Crippen molar-refractivity contribution in [3.05, 3.63) is 59.2 Å². The molecule has 0 bridgehead atoms. The van der Waals surface area contributed by atoms with E-state index in [-0.39, 0.29) is 5.69 Å². The van der Waals surface area contributed by atoms with Crippen molar-refractivity contribution in [2.75, 3.05) is 0 Å². The summed E-state index contributed by atoms with van der Waals surface area (Å²) in [4.78, 5) is 15.9. The van der Waals surface area contributed by atoms with Crippen LogP contribution in [0.25, 0.3) is 16.9 Å². The molecule has 1 N–H and O–H groups in total. The molecule has 0 atom stereocenters. The second-order valence-electron chi connectivity index (χ2n) is 4.99. The van der Waals surface area contributed by atoms with E-state index in [1.807, 2.05) is 32.0 Å². The van der Waals surface area contributed by atoms with E-state index >= 15 is 0 Å². The minimum Gasteiger partial charge on any atom is -0.476 e. The number of hydrogen-bond acceptors (Lipinski definition) is 2. The third kappa shape index (κ3) is 2.16. The first-order valence-corrected chi connectivity index (χ1v) is 6.46. The van der Waals surface area contributed by atoms with Crippen molar-refractivity contribution >= 4 is 11.6 Å². The van der Waals surface area contributed by atoms with Gasteiger partial charge in [0.1, 0.15) is 17.2 Å². The number of carbonyl (C=O) groups is 1. The molecule has 0 unspecified atom stereocenters. The fraction of sp³-hybridized carbons (Fsp3) is 0.125. The number of rotatable bonds is 2. The summed E-state index contributed by atoms with van der Waals surface area (Å²) in [6.45, 7) is 3.94. The number of nitrogens with zero attached hydrogens (tertiary/aromatic N) is 2. The number of halogens is 1. The maximum atomic E-state index is 13.4. The number of aryl methyl sites for hydroxylation is 2. The molecule has 0 aliphatic carbocycles. The molecule has 106 valence electrons. The normalized spacial score (nSPS) is 11.0. The van der Waals surface area contributed by atoms with Crippen molar-refractivity contribution in [3.8, 4) is 11.3 Å². The Morgan fingerprint density at radius 1 is 1.19 bits per heavy atom. The fourth-order valence-electron chi connectivity index (χ4n) is 2.31. The molecular formula is C16H13FN2O2. The van der Waals surface area contributed by atoms with Gasteiger partial charge >= 0.3 is 5.97 Å². The van der Waals surface area contributed by atoms with Gasteiger partial charge in [-0.1, -0.05) is 12.1 Å². The largest absolute Gasteiger partial charge is 0.476 e. The van der Waals surface area contributed by atoms with Crippen molar-refractivity contribution in [1.29, 1.82) is 0 Å². The standard InChI is InChI=1S/C16H13FN2O2/c1-9-3-4-11(7-10(9)2)14-15(16(20)21)19-8-12(17)5-6-13(19)18-14/h3-8H,1-2H3,(H,20,21). The number of aromatic nitrogens is 2. The van der Waals surface area contributed by atoms with E-state index in [0.717, 1.165) is 17.3 Å². The molecule has 2 heterocycles. The number of carboxylic acids is 1. The second-order valence-corrected chi connectivity index (χ2v) is 4.99. The van der Waals surface area contributed by atoms with Crippen molar-refractivity contribution < 1.29 is 14.3 Å². The van der Waals surface area contributed by atoms with Gasteiger partial charge in [0.15, 0.2) is 5.69 Å². The van der Waals surface area contributed by atoms with Crippen LogP contribution < -0.4 is 0 Å². The lowest BCUT2D eigenvalue weighted by atomic mass is 10.0. The SMILES string of the molecule is Cc1ccc(-c2nc3ccc(F)cn3c2C(=O)O)cc1C. The van der Waals surface area contributed by atoms with Gasteiger partial charge in [0.05, 0.1) is 0 Å². The zero-order valence-electron chi connectivity index (χ0n) is 11.6. The van der Waals surface area contributed by atoms with Crippen molar-refractivity contribution in [2.45, 2.75) is 13.8 Å². The van der Waals surface area contributed by atoms with Crippen molar-refractivity contribution in [1.82, 2.24) is 9.38 Å². The summed E-state index contributed by atoms with van der Waals surface area (Å²) in [6, 6.07) is 8.36. The third-order valence-electron chi connectivity index (χ3n) is 3.57. The number of carboxylic acid groups (broad SMARTS) is 1. The molecule has 4 nitrogen and oxygen atoms in total. The monoisotopic (exact) mass is 284 g/mol. The van der Waals surface area contributed by atoms with E-state index < -0.39 is 11.8 Å². The highest BCUT2D eigenvalue weighted by Crippen LogP contribution is 2.26. The molecule has 0 aliphatic rings. The molecule has 2 aromatic heterocycles. The Kier molecular flexibility index (Phi) is 2.97. The van der Waals surface area contributed by atoms with E-state index in [1.165, 1.54) is 16.5 Å². The summed E-state index contributed by atoms with van der Waals surface area (Å²) in [5, 5.41) is 9.45. The minimum atomic E-state index is -1.14. The number of fused-ring (bicyclic) bond motifs is 1. The predicted octanol–water partition coefficient (Wildman–Crippen LogP) is 3.46. The fourth-order valence-corrected chi connectivity index (χ4v) is 2.31. The Morgan fingerprint density at radius 2 is 1.95 bits per heavy atom. The molecule has 0 saturated heterocycles. The quantitative estimate of drug-likeness (QED) is 0.784. The Hall–Kier alpha value is -2.69. The van der Waals surface area contributed by atoms with E-state index in [4.69, 9.17) is 0 Å². The van der Waals surface area contributed by atoms with Crippen LogP contribution in [0.2, 0.25) is 0 Å². The summed E-state index contributed by atoms with van der Waals surface area (Å²) in [5.41, 5.74) is 3.59. The topological polar surface area (TPSA) is 54.6 Å². The number of aromatic carboxylic acids is 1. The van der Waals surface area contributed by atoms with Gasteiger partial charge in [0.25, 0.3) is 0 Å². The molecule has 0 saturated carbocycles. The van der Waals surface area contributed by atoms with Gasteiger partial charge in [0.2, 0.25) is 0 Å². The molecule has 0 amide bonds. The van der Waals surface area contributed by atoms with E-state index in [9.17, 15) is 14.3 Å². The van der Waals surface area contributed by atoms with E-state index in [2.05, 4.69) is 4.98 Å². The first-order valence-electron chi connectivity index (χ1n) is 6.46. The molecule has 21 heavy (non-hydrogen) atoms. The maximum absolute atomic E-state index is 13.4. The first-order chi connectivity index (χ1) is 9.97.